The number of fused-ring (bicyclic) bond motifs is 1. The van der Waals surface area contributed by atoms with Crippen LogP contribution in [0.3, 0.4) is 0 Å². The summed E-state index contributed by atoms with van der Waals surface area (Å²) in [5.74, 6) is -4.17. The summed E-state index contributed by atoms with van der Waals surface area (Å²) in [6.07, 6.45) is 0.340. The van der Waals surface area contributed by atoms with E-state index in [4.69, 9.17) is 10.2 Å². The normalized spacial score (nSPS) is 19.7. The number of carbonyl (C=O) groups excluding carboxylic acids is 1. The van der Waals surface area contributed by atoms with E-state index in [0.717, 1.165) is 18.2 Å². The van der Waals surface area contributed by atoms with Crippen LogP contribution in [0.25, 0.3) is 11.0 Å². The van der Waals surface area contributed by atoms with Crippen molar-refractivity contribution in [3.63, 3.8) is 0 Å². The van der Waals surface area contributed by atoms with E-state index in [1.165, 1.54) is 0 Å². The van der Waals surface area contributed by atoms with Gasteiger partial charge in [-0.15, -0.1) is 0 Å². The van der Waals surface area contributed by atoms with Crippen LogP contribution in [0.2, 0.25) is 0 Å². The third-order valence-electron chi connectivity index (χ3n) is 4.38. The molecule has 0 saturated heterocycles. The molecule has 1 aliphatic carbocycles. The number of nitrogen functional groups attached to an aromatic ring is 1. The minimum atomic E-state index is -2.65. The first-order valence-corrected chi connectivity index (χ1v) is 7.69. The molecule has 1 fully saturated rings. The molecule has 1 aromatic carbocycles. The molecular formula is C17H16F3NO3. The zero-order valence-electron chi connectivity index (χ0n) is 12.8. The second-order valence-electron chi connectivity index (χ2n) is 6.27. The Morgan fingerprint density at radius 1 is 1.33 bits per heavy atom. The van der Waals surface area contributed by atoms with Gasteiger partial charge >= 0.3 is 0 Å². The lowest BCUT2D eigenvalue weighted by Crippen LogP contribution is -2.11. The maximum atomic E-state index is 13.3. The highest BCUT2D eigenvalue weighted by molar-refractivity contribution is 5.96. The zero-order valence-corrected chi connectivity index (χ0v) is 12.8. The second kappa shape index (κ2) is 5.96. The van der Waals surface area contributed by atoms with Gasteiger partial charge in [-0.05, 0) is 24.8 Å². The molecule has 0 radical (unpaired) electrons. The molecule has 0 amide bonds. The molecule has 3 rings (SSSR count). The maximum Gasteiger partial charge on any atom is 0.248 e. The first-order valence-electron chi connectivity index (χ1n) is 7.69. The van der Waals surface area contributed by atoms with Crippen LogP contribution >= 0.6 is 0 Å². The van der Waals surface area contributed by atoms with Gasteiger partial charge in [-0.25, -0.2) is 13.2 Å². The quantitative estimate of drug-likeness (QED) is 0.677. The van der Waals surface area contributed by atoms with E-state index in [2.05, 4.69) is 0 Å². The first kappa shape index (κ1) is 16.5. The zero-order chi connectivity index (χ0) is 17.5. The number of Topliss-reactive ketones (excluding diaryl/α,β-unsaturated/α-hetero) is 1. The summed E-state index contributed by atoms with van der Waals surface area (Å²) < 4.78 is 45.0. The fourth-order valence-electron chi connectivity index (χ4n) is 3.13. The van der Waals surface area contributed by atoms with Gasteiger partial charge in [-0.3, -0.25) is 9.59 Å². The summed E-state index contributed by atoms with van der Waals surface area (Å²) in [4.78, 5) is 24.2. The fourth-order valence-corrected chi connectivity index (χ4v) is 3.13. The van der Waals surface area contributed by atoms with Gasteiger partial charge in [0.15, 0.2) is 22.6 Å². The molecule has 1 unspecified atom stereocenters. The largest absolute Gasteiger partial charge is 0.451 e. The van der Waals surface area contributed by atoms with Crippen molar-refractivity contribution in [2.45, 2.75) is 38.0 Å². The molecule has 1 aromatic heterocycles. The number of alkyl halides is 2. The van der Waals surface area contributed by atoms with Crippen LogP contribution in [0.4, 0.5) is 18.9 Å². The van der Waals surface area contributed by atoms with Gasteiger partial charge in [-0.1, -0.05) is 0 Å². The predicted octanol–water partition coefficient (Wildman–Crippen LogP) is 3.91. The summed E-state index contributed by atoms with van der Waals surface area (Å²) >= 11 is 0. The van der Waals surface area contributed by atoms with Crippen LogP contribution in [0.5, 0.6) is 0 Å². The minimum Gasteiger partial charge on any atom is -0.451 e. The molecule has 1 aliphatic rings. The van der Waals surface area contributed by atoms with Crippen molar-refractivity contribution in [2.24, 2.45) is 5.92 Å². The van der Waals surface area contributed by atoms with Gasteiger partial charge in [0.05, 0.1) is 11.1 Å². The van der Waals surface area contributed by atoms with Gasteiger partial charge in [0.2, 0.25) is 5.92 Å². The molecule has 1 heterocycles. The fraction of sp³-hybridized carbons (Fsp3) is 0.412. The molecule has 24 heavy (non-hydrogen) atoms. The monoisotopic (exact) mass is 339 g/mol. The SMILES string of the molecule is Nc1cc(F)cc2c(=O)cc(C(=O)CCC3CCC(F)(F)C3)oc12. The molecule has 4 nitrogen and oxygen atoms in total. The number of carbonyl (C=O) groups is 1. The van der Waals surface area contributed by atoms with Crippen molar-refractivity contribution in [3.05, 3.63) is 40.0 Å². The number of hydrogen-bond acceptors (Lipinski definition) is 4. The first-order chi connectivity index (χ1) is 11.2. The van der Waals surface area contributed by atoms with Crippen molar-refractivity contribution in [3.8, 4) is 0 Å². The van der Waals surface area contributed by atoms with Gasteiger partial charge in [-0.2, -0.15) is 0 Å². The van der Waals surface area contributed by atoms with Crippen molar-refractivity contribution in [1.29, 1.82) is 0 Å². The second-order valence-corrected chi connectivity index (χ2v) is 6.27. The lowest BCUT2D eigenvalue weighted by Gasteiger charge is -2.10. The molecule has 2 aromatic rings. The summed E-state index contributed by atoms with van der Waals surface area (Å²) in [5, 5.41) is -0.0421. The Bertz CT molecular complexity index is 860. The number of hydrogen-bond donors (Lipinski definition) is 1. The van der Waals surface area contributed by atoms with E-state index in [0.29, 0.717) is 12.8 Å². The van der Waals surface area contributed by atoms with Gasteiger partial charge in [0.1, 0.15) is 5.82 Å². The third-order valence-corrected chi connectivity index (χ3v) is 4.38. The van der Waals surface area contributed by atoms with Crippen LogP contribution in [-0.2, 0) is 0 Å². The summed E-state index contributed by atoms with van der Waals surface area (Å²) in [5.41, 5.74) is 4.94. The number of rotatable bonds is 4. The van der Waals surface area contributed by atoms with E-state index in [1.54, 1.807) is 0 Å². The van der Waals surface area contributed by atoms with E-state index < -0.39 is 23.0 Å². The lowest BCUT2D eigenvalue weighted by molar-refractivity contribution is 0.00461. The standard InChI is InChI=1S/C17H16F3NO3/c18-10-5-11-14(23)7-15(24-16(11)12(21)6-10)13(22)2-1-9-3-4-17(19,20)8-9/h5-7,9H,1-4,8,21H2. The van der Waals surface area contributed by atoms with Gasteiger partial charge in [0.25, 0.3) is 0 Å². The highest BCUT2D eigenvalue weighted by atomic mass is 19.3. The van der Waals surface area contributed by atoms with Crippen LogP contribution in [0, 0.1) is 11.7 Å². The van der Waals surface area contributed by atoms with Crippen LogP contribution in [0.1, 0.15) is 42.7 Å². The Morgan fingerprint density at radius 2 is 2.08 bits per heavy atom. The van der Waals surface area contributed by atoms with Crippen LogP contribution in [0.15, 0.2) is 27.4 Å². The Hall–Kier alpha value is -2.31. The smallest absolute Gasteiger partial charge is 0.248 e. The van der Waals surface area contributed by atoms with Crippen molar-refractivity contribution in [2.75, 3.05) is 5.73 Å². The Kier molecular flexibility index (Phi) is 4.11. The number of benzene rings is 1. The van der Waals surface area contributed by atoms with Crippen molar-refractivity contribution < 1.29 is 22.4 Å². The Labute approximate surface area is 135 Å². The van der Waals surface area contributed by atoms with E-state index in [-0.39, 0.29) is 47.6 Å². The summed E-state index contributed by atoms with van der Waals surface area (Å²) in [6, 6.07) is 2.99. The molecule has 7 heteroatoms. The average molecular weight is 339 g/mol. The van der Waals surface area contributed by atoms with Crippen LogP contribution in [-0.4, -0.2) is 11.7 Å². The van der Waals surface area contributed by atoms with Crippen molar-refractivity contribution in [1.82, 2.24) is 0 Å². The Balaban J connectivity index is 1.79. The minimum absolute atomic E-state index is 0.0102. The van der Waals surface area contributed by atoms with E-state index >= 15 is 0 Å². The summed E-state index contributed by atoms with van der Waals surface area (Å²) in [6.45, 7) is 0. The molecular weight excluding hydrogens is 323 g/mol. The average Bonchev–Trinajstić information content (AvgIpc) is 2.85. The highest BCUT2D eigenvalue weighted by Crippen LogP contribution is 2.40. The molecule has 0 spiro atoms. The molecule has 1 atom stereocenters. The van der Waals surface area contributed by atoms with E-state index in [1.807, 2.05) is 0 Å². The molecule has 1 saturated carbocycles. The number of nitrogens with two attached hydrogens (primary N) is 1. The topological polar surface area (TPSA) is 73.3 Å². The van der Waals surface area contributed by atoms with Crippen LogP contribution < -0.4 is 11.2 Å². The highest BCUT2D eigenvalue weighted by Gasteiger charge is 2.39. The predicted molar refractivity (Wildman–Crippen MR) is 82.7 cm³/mol. The summed E-state index contributed by atoms with van der Waals surface area (Å²) in [7, 11) is 0. The number of ketones is 1. The Morgan fingerprint density at radius 3 is 2.75 bits per heavy atom. The van der Waals surface area contributed by atoms with Gasteiger partial charge in [0, 0.05) is 31.4 Å². The van der Waals surface area contributed by atoms with Crippen molar-refractivity contribution >= 4 is 22.4 Å². The number of halogens is 3. The van der Waals surface area contributed by atoms with Gasteiger partial charge < -0.3 is 10.2 Å². The molecule has 128 valence electrons. The molecule has 0 bridgehead atoms. The van der Waals surface area contributed by atoms with E-state index in [9.17, 15) is 22.8 Å². The number of anilines is 1. The third kappa shape index (κ3) is 3.29. The molecule has 2 N–H and O–H groups in total. The molecule has 0 aliphatic heterocycles. The maximum absolute atomic E-state index is 13.3. The lowest BCUT2D eigenvalue weighted by atomic mass is 9.99.